The molecular weight excluding hydrogens is 967 g/mol. The van der Waals surface area contributed by atoms with Crippen LogP contribution in [0.1, 0.15) is 52.0 Å². The number of nitrogens with one attached hydrogen (secondary N) is 9. The molecule has 0 aliphatic rings. The fourth-order valence-electron chi connectivity index (χ4n) is 5.93. The Kier molecular flexibility index (Phi) is 26.5. The summed E-state index contributed by atoms with van der Waals surface area (Å²) in [5.74, 6) is -17.1. The lowest BCUT2D eigenvalue weighted by molar-refractivity contribution is -0.142. The van der Waals surface area contributed by atoms with E-state index in [9.17, 15) is 98.1 Å². The van der Waals surface area contributed by atoms with Crippen molar-refractivity contribution in [1.82, 2.24) is 47.9 Å². The predicted molar refractivity (Wildman–Crippen MR) is 240 cm³/mol. The second-order valence-corrected chi connectivity index (χ2v) is 16.0. The summed E-state index contributed by atoms with van der Waals surface area (Å²) in [6, 6.07) is -8.08. The number of aliphatic hydroxyl groups excluding tert-OH is 4. The van der Waals surface area contributed by atoms with Crippen molar-refractivity contribution in [2.45, 2.75) is 119 Å². The Hall–Kier alpha value is -7.87. The van der Waals surface area contributed by atoms with Gasteiger partial charge in [-0.3, -0.25) is 57.5 Å². The lowest BCUT2D eigenvalue weighted by Crippen LogP contribution is -2.62. The SMILES string of the molecule is C[C@H](NC(=O)[C@@H](N)[C@@H](C)O)C(=O)N[C@@H](CC(=O)O)C(=O)N[C@@H](CC(N)=O)C(=O)N[C@@H](CO)C(=O)N[C@@H](CCC(=O)O)C(=O)N[C@@H](CO)C(=O)N[C@H](C(=O)NCC(=O)N[C@@H](Cc1ccccc1)C(=O)O)[C@@H](C)O. The van der Waals surface area contributed by atoms with Gasteiger partial charge < -0.3 is 95.1 Å². The van der Waals surface area contributed by atoms with Crippen LogP contribution in [0.4, 0.5) is 0 Å². The number of rotatable bonds is 32. The van der Waals surface area contributed by atoms with Crippen LogP contribution in [-0.2, 0) is 68.7 Å². The van der Waals surface area contributed by atoms with E-state index >= 15 is 0 Å². The lowest BCUT2D eigenvalue weighted by atomic mass is 10.1. The maximum Gasteiger partial charge on any atom is 0.326 e. The largest absolute Gasteiger partial charge is 0.481 e. The van der Waals surface area contributed by atoms with E-state index < -0.39 is 189 Å². The molecule has 11 atom stereocenters. The van der Waals surface area contributed by atoms with Crippen LogP contribution in [0.15, 0.2) is 30.3 Å². The molecule has 72 heavy (non-hydrogen) atoms. The van der Waals surface area contributed by atoms with Crippen molar-refractivity contribution in [2.24, 2.45) is 11.5 Å². The number of primary amides is 1. The fourth-order valence-corrected chi connectivity index (χ4v) is 5.93. The number of nitrogens with two attached hydrogens (primary N) is 2. The van der Waals surface area contributed by atoms with E-state index in [4.69, 9.17) is 11.5 Å². The first-order chi connectivity index (χ1) is 33.6. The van der Waals surface area contributed by atoms with Crippen molar-refractivity contribution < 1.29 is 98.1 Å². The highest BCUT2D eigenvalue weighted by Crippen LogP contribution is 2.06. The molecule has 10 amide bonds. The number of aliphatic hydroxyl groups is 4. The second-order valence-electron chi connectivity index (χ2n) is 16.0. The molecule has 0 bridgehead atoms. The summed E-state index contributed by atoms with van der Waals surface area (Å²) in [5.41, 5.74) is 11.3. The Morgan fingerprint density at radius 3 is 1.47 bits per heavy atom. The molecule has 0 aromatic heterocycles. The average molecular weight is 1030 g/mol. The van der Waals surface area contributed by atoms with E-state index in [1.54, 1.807) is 30.3 Å². The fraction of sp³-hybridized carbons (Fsp3) is 0.537. The molecule has 0 unspecified atom stereocenters. The number of carboxylic acid groups (broad SMARTS) is 3. The number of amides is 10. The average Bonchev–Trinajstić information content (AvgIpc) is 3.30. The summed E-state index contributed by atoms with van der Waals surface area (Å²) in [6.45, 7) is -0.0161. The maximum absolute atomic E-state index is 13.4. The minimum Gasteiger partial charge on any atom is -0.481 e. The van der Waals surface area contributed by atoms with Gasteiger partial charge in [0.1, 0.15) is 54.4 Å². The number of carboxylic acids is 3. The summed E-state index contributed by atoms with van der Waals surface area (Å²) in [7, 11) is 0. The summed E-state index contributed by atoms with van der Waals surface area (Å²) in [4.78, 5) is 164. The van der Waals surface area contributed by atoms with Crippen molar-refractivity contribution in [3.05, 3.63) is 35.9 Å². The van der Waals surface area contributed by atoms with Gasteiger partial charge in [-0.15, -0.1) is 0 Å². The smallest absolute Gasteiger partial charge is 0.326 e. The molecule has 31 heteroatoms. The third kappa shape index (κ3) is 22.3. The number of benzene rings is 1. The molecule has 0 fully saturated rings. The first-order valence-electron chi connectivity index (χ1n) is 21.6. The zero-order valence-corrected chi connectivity index (χ0v) is 39.0. The van der Waals surface area contributed by atoms with Crippen LogP contribution in [0.2, 0.25) is 0 Å². The van der Waals surface area contributed by atoms with Crippen LogP contribution in [0, 0.1) is 0 Å². The van der Waals surface area contributed by atoms with Gasteiger partial charge in [-0.1, -0.05) is 30.3 Å². The molecule has 0 saturated carbocycles. The number of hydrogen-bond donors (Lipinski definition) is 18. The van der Waals surface area contributed by atoms with Crippen LogP contribution in [0.5, 0.6) is 0 Å². The van der Waals surface area contributed by atoms with Gasteiger partial charge in [-0.2, -0.15) is 0 Å². The van der Waals surface area contributed by atoms with Gasteiger partial charge in [0.05, 0.1) is 44.8 Å². The van der Waals surface area contributed by atoms with Crippen molar-refractivity contribution in [1.29, 1.82) is 0 Å². The first kappa shape index (κ1) is 62.1. The minimum atomic E-state index is -2.08. The molecule has 0 aliphatic heterocycles. The number of hydrogen-bond acceptors (Lipinski definition) is 18. The Morgan fingerprint density at radius 1 is 0.528 bits per heavy atom. The molecule has 0 radical (unpaired) electrons. The molecule has 31 nitrogen and oxygen atoms in total. The molecule has 0 aliphatic carbocycles. The van der Waals surface area contributed by atoms with E-state index in [-0.39, 0.29) is 6.42 Å². The Bertz CT molecular complexity index is 2130. The highest BCUT2D eigenvalue weighted by molar-refractivity contribution is 6.00. The van der Waals surface area contributed by atoms with Gasteiger partial charge in [0.2, 0.25) is 59.1 Å². The molecule has 20 N–H and O–H groups in total. The summed E-state index contributed by atoms with van der Waals surface area (Å²) in [5, 5.41) is 86.6. The summed E-state index contributed by atoms with van der Waals surface area (Å²) >= 11 is 0. The number of carbonyl (C=O) groups is 13. The van der Waals surface area contributed by atoms with E-state index in [2.05, 4.69) is 16.0 Å². The summed E-state index contributed by atoms with van der Waals surface area (Å²) in [6.07, 6.45) is -6.93. The first-order valence-corrected chi connectivity index (χ1v) is 21.6. The van der Waals surface area contributed by atoms with Crippen LogP contribution in [0.3, 0.4) is 0 Å². The third-order valence-corrected chi connectivity index (χ3v) is 9.94. The minimum absolute atomic E-state index is 0.115. The van der Waals surface area contributed by atoms with Crippen LogP contribution >= 0.6 is 0 Å². The van der Waals surface area contributed by atoms with Crippen LogP contribution in [-0.4, -0.2) is 199 Å². The molecule has 0 saturated heterocycles. The summed E-state index contributed by atoms with van der Waals surface area (Å²) < 4.78 is 0. The van der Waals surface area contributed by atoms with E-state index in [0.29, 0.717) is 5.56 Å². The molecule has 400 valence electrons. The van der Waals surface area contributed by atoms with Gasteiger partial charge >= 0.3 is 17.9 Å². The van der Waals surface area contributed by atoms with Gasteiger partial charge in [-0.05, 0) is 32.8 Å². The lowest BCUT2D eigenvalue weighted by Gasteiger charge is -2.27. The van der Waals surface area contributed by atoms with Gasteiger partial charge in [0, 0.05) is 12.8 Å². The molecule has 1 aromatic rings. The van der Waals surface area contributed by atoms with Gasteiger partial charge in [-0.25, -0.2) is 4.79 Å². The quantitative estimate of drug-likeness (QED) is 0.0319. The standard InChI is InChI=1S/C41H61N11O20/c1-17(45-39(69)31(43)18(2)55)33(63)48-23(13-30(61)62)36(66)49-22(12-27(42)57)35(65)51-25(15-53)37(67)47-21(9-10-29(59)60)34(64)50-26(16-54)38(68)52-32(19(3)56)40(70)44-14-28(58)46-24(41(71)72)11-20-7-5-4-6-8-20/h4-8,17-19,21-26,31-32,53-56H,9-16,43H2,1-3H3,(H2,42,57)(H,44,70)(H,45,69)(H,46,58)(H,47,67)(H,48,63)(H,49,66)(H,50,64)(H,51,65)(H,52,68)(H,59,60)(H,61,62)(H,71,72)/t17-,18+,19+,21-,22-,23-,24-,25-,26-,31-,32-/m0/s1. The Morgan fingerprint density at radius 2 is 1.00 bits per heavy atom. The van der Waals surface area contributed by atoms with Crippen molar-refractivity contribution in [3.8, 4) is 0 Å². The Balaban J connectivity index is 3.16. The van der Waals surface area contributed by atoms with Gasteiger partial charge in [0.25, 0.3) is 0 Å². The third-order valence-electron chi connectivity index (χ3n) is 9.94. The maximum atomic E-state index is 13.4. The molecular formula is C41H61N11O20. The zero-order valence-electron chi connectivity index (χ0n) is 39.0. The molecule has 1 aromatic carbocycles. The van der Waals surface area contributed by atoms with Crippen LogP contribution < -0.4 is 59.3 Å². The van der Waals surface area contributed by atoms with Crippen LogP contribution in [0.25, 0.3) is 0 Å². The second kappa shape index (κ2) is 30.7. The molecule has 1 rings (SSSR count). The van der Waals surface area contributed by atoms with Crippen molar-refractivity contribution in [2.75, 3.05) is 19.8 Å². The number of carbonyl (C=O) groups excluding carboxylic acids is 10. The Labute approximate surface area is 408 Å². The highest BCUT2D eigenvalue weighted by Gasteiger charge is 2.36. The molecule has 0 heterocycles. The topological polar surface area (TPSA) is 524 Å². The normalized spacial score (nSPS) is 15.4. The van der Waals surface area contributed by atoms with Crippen molar-refractivity contribution in [3.63, 3.8) is 0 Å². The highest BCUT2D eigenvalue weighted by atomic mass is 16.4. The van der Waals surface area contributed by atoms with E-state index in [1.165, 1.54) is 6.92 Å². The van der Waals surface area contributed by atoms with Crippen molar-refractivity contribution >= 4 is 77.0 Å². The van der Waals surface area contributed by atoms with Gasteiger partial charge in [0.15, 0.2) is 0 Å². The van der Waals surface area contributed by atoms with E-state index in [1.807, 2.05) is 31.9 Å². The predicted octanol–water partition coefficient (Wildman–Crippen LogP) is -9.38. The number of aliphatic carboxylic acids is 3. The molecule has 0 spiro atoms. The zero-order chi connectivity index (χ0) is 55.0. The monoisotopic (exact) mass is 1030 g/mol. The van der Waals surface area contributed by atoms with E-state index in [0.717, 1.165) is 13.8 Å².